The van der Waals surface area contributed by atoms with Gasteiger partial charge < -0.3 is 13.9 Å². The van der Waals surface area contributed by atoms with Gasteiger partial charge in [-0.15, -0.1) is 0 Å². The summed E-state index contributed by atoms with van der Waals surface area (Å²) in [4.78, 5) is 23.4. The molecule has 148 valence electrons. The molecular formula is C24H15ClO5. The molecule has 4 aromatic rings. The van der Waals surface area contributed by atoms with Crippen LogP contribution in [0.2, 0.25) is 5.02 Å². The summed E-state index contributed by atoms with van der Waals surface area (Å²) in [5.41, 5.74) is 1.65. The summed E-state index contributed by atoms with van der Waals surface area (Å²) in [5, 5.41) is 9.51. The summed E-state index contributed by atoms with van der Waals surface area (Å²) in [6.45, 7) is 0. The molecule has 6 heteroatoms. The number of rotatable bonds is 6. The molecule has 0 saturated carbocycles. The van der Waals surface area contributed by atoms with Crippen molar-refractivity contribution in [3.05, 3.63) is 101 Å². The Bertz CT molecular complexity index is 1240. The SMILES string of the molecule is O=C(O)c1ccc(-c2ccc(C=CC(=O)c3ccc(-c4ccccc4Cl)o3)o2)cc1. The second-order valence-corrected chi connectivity index (χ2v) is 6.83. The minimum Gasteiger partial charge on any atom is -0.478 e. The van der Waals surface area contributed by atoms with E-state index < -0.39 is 5.97 Å². The van der Waals surface area contributed by atoms with Crippen molar-refractivity contribution in [2.75, 3.05) is 0 Å². The van der Waals surface area contributed by atoms with Crippen LogP contribution in [0.25, 0.3) is 28.7 Å². The van der Waals surface area contributed by atoms with Gasteiger partial charge in [0.2, 0.25) is 5.78 Å². The van der Waals surface area contributed by atoms with Gasteiger partial charge >= 0.3 is 5.97 Å². The lowest BCUT2D eigenvalue weighted by Gasteiger charge is -1.99. The monoisotopic (exact) mass is 418 g/mol. The fourth-order valence-electron chi connectivity index (χ4n) is 2.89. The average Bonchev–Trinajstić information content (AvgIpc) is 3.42. The second-order valence-electron chi connectivity index (χ2n) is 6.43. The zero-order valence-electron chi connectivity index (χ0n) is 15.5. The van der Waals surface area contributed by atoms with Crippen LogP contribution in [0.15, 0.2) is 87.7 Å². The van der Waals surface area contributed by atoms with E-state index in [1.165, 1.54) is 18.2 Å². The molecular weight excluding hydrogens is 404 g/mol. The lowest BCUT2D eigenvalue weighted by Crippen LogP contribution is -1.94. The molecule has 0 amide bonds. The molecule has 0 aliphatic heterocycles. The number of hydrogen-bond acceptors (Lipinski definition) is 4. The second kappa shape index (κ2) is 8.27. The summed E-state index contributed by atoms with van der Waals surface area (Å²) in [6, 6.07) is 20.4. The van der Waals surface area contributed by atoms with E-state index in [-0.39, 0.29) is 17.1 Å². The van der Waals surface area contributed by atoms with Crippen LogP contribution in [0.3, 0.4) is 0 Å². The van der Waals surface area contributed by atoms with Crippen LogP contribution >= 0.6 is 11.6 Å². The fourth-order valence-corrected chi connectivity index (χ4v) is 3.12. The van der Waals surface area contributed by atoms with Crippen molar-refractivity contribution in [1.29, 1.82) is 0 Å². The number of allylic oxidation sites excluding steroid dienone is 1. The number of benzene rings is 2. The van der Waals surface area contributed by atoms with Gasteiger partial charge in [0.25, 0.3) is 0 Å². The maximum Gasteiger partial charge on any atom is 0.335 e. The fraction of sp³-hybridized carbons (Fsp3) is 0. The summed E-state index contributed by atoms with van der Waals surface area (Å²) >= 11 is 6.17. The number of furan rings is 2. The van der Waals surface area contributed by atoms with Crippen molar-refractivity contribution in [3.8, 4) is 22.6 Å². The largest absolute Gasteiger partial charge is 0.478 e. The van der Waals surface area contributed by atoms with Crippen LogP contribution in [0.1, 0.15) is 26.7 Å². The van der Waals surface area contributed by atoms with Crippen LogP contribution in [0.4, 0.5) is 0 Å². The number of hydrogen-bond donors (Lipinski definition) is 1. The van der Waals surface area contributed by atoms with E-state index in [1.807, 2.05) is 18.2 Å². The predicted molar refractivity (Wildman–Crippen MR) is 114 cm³/mol. The molecule has 0 spiro atoms. The smallest absolute Gasteiger partial charge is 0.335 e. The van der Waals surface area contributed by atoms with Gasteiger partial charge in [-0.3, -0.25) is 4.79 Å². The van der Waals surface area contributed by atoms with E-state index in [2.05, 4.69) is 0 Å². The number of carboxylic acid groups (broad SMARTS) is 1. The molecule has 5 nitrogen and oxygen atoms in total. The zero-order valence-corrected chi connectivity index (χ0v) is 16.3. The first kappa shape index (κ1) is 19.5. The summed E-state index contributed by atoms with van der Waals surface area (Å²) in [5.74, 6) is 0.465. The van der Waals surface area contributed by atoms with Crippen molar-refractivity contribution < 1.29 is 23.5 Å². The zero-order chi connectivity index (χ0) is 21.1. The molecule has 30 heavy (non-hydrogen) atoms. The highest BCUT2D eigenvalue weighted by molar-refractivity contribution is 6.33. The lowest BCUT2D eigenvalue weighted by atomic mass is 10.1. The van der Waals surface area contributed by atoms with Crippen molar-refractivity contribution >= 4 is 29.4 Å². The highest BCUT2D eigenvalue weighted by atomic mass is 35.5. The average molecular weight is 419 g/mol. The van der Waals surface area contributed by atoms with Crippen LogP contribution in [0, 0.1) is 0 Å². The third-order valence-electron chi connectivity index (χ3n) is 4.43. The highest BCUT2D eigenvalue weighted by Gasteiger charge is 2.12. The van der Waals surface area contributed by atoms with E-state index in [0.29, 0.717) is 27.9 Å². The Labute approximate surface area is 176 Å². The number of carboxylic acids is 1. The minimum atomic E-state index is -0.987. The maximum atomic E-state index is 12.4. The van der Waals surface area contributed by atoms with Gasteiger partial charge in [-0.2, -0.15) is 0 Å². The first-order valence-corrected chi connectivity index (χ1v) is 9.40. The molecule has 4 rings (SSSR count). The van der Waals surface area contributed by atoms with Gasteiger partial charge in [-0.05, 0) is 60.7 Å². The third-order valence-corrected chi connectivity index (χ3v) is 4.76. The molecule has 0 saturated heterocycles. The molecule has 2 heterocycles. The highest BCUT2D eigenvalue weighted by Crippen LogP contribution is 2.29. The number of ketones is 1. The minimum absolute atomic E-state index is 0.192. The van der Waals surface area contributed by atoms with Crippen LogP contribution in [-0.2, 0) is 0 Å². The number of halogens is 1. The number of aromatic carboxylic acids is 1. The van der Waals surface area contributed by atoms with E-state index in [9.17, 15) is 9.59 Å². The Morgan fingerprint density at radius 1 is 0.833 bits per heavy atom. The Kier molecular flexibility index (Phi) is 5.37. The van der Waals surface area contributed by atoms with Gasteiger partial charge in [0.15, 0.2) is 5.76 Å². The Morgan fingerprint density at radius 3 is 2.30 bits per heavy atom. The molecule has 0 aliphatic carbocycles. The number of carbonyl (C=O) groups excluding carboxylic acids is 1. The molecule has 0 bridgehead atoms. The van der Waals surface area contributed by atoms with E-state index in [1.54, 1.807) is 48.5 Å². The third kappa shape index (κ3) is 4.11. The summed E-state index contributed by atoms with van der Waals surface area (Å²) < 4.78 is 11.4. The Morgan fingerprint density at radius 2 is 1.57 bits per heavy atom. The molecule has 0 unspecified atom stereocenters. The predicted octanol–water partition coefficient (Wildman–Crippen LogP) is 6.45. The molecule has 0 fully saturated rings. The summed E-state index contributed by atoms with van der Waals surface area (Å²) in [6.07, 6.45) is 2.92. The van der Waals surface area contributed by atoms with Crippen molar-refractivity contribution in [2.45, 2.75) is 0 Å². The number of carbonyl (C=O) groups is 2. The maximum absolute atomic E-state index is 12.4. The van der Waals surface area contributed by atoms with Crippen LogP contribution in [0.5, 0.6) is 0 Å². The molecule has 0 aliphatic rings. The Balaban J connectivity index is 1.48. The van der Waals surface area contributed by atoms with Crippen molar-refractivity contribution in [3.63, 3.8) is 0 Å². The molecule has 0 radical (unpaired) electrons. The first-order valence-electron chi connectivity index (χ1n) is 9.02. The molecule has 1 N–H and O–H groups in total. The lowest BCUT2D eigenvalue weighted by molar-refractivity contribution is 0.0696. The van der Waals surface area contributed by atoms with E-state index in [0.717, 1.165) is 5.56 Å². The molecule has 0 atom stereocenters. The van der Waals surface area contributed by atoms with Crippen molar-refractivity contribution in [1.82, 2.24) is 0 Å². The van der Waals surface area contributed by atoms with E-state index >= 15 is 0 Å². The quantitative estimate of drug-likeness (QED) is 0.287. The normalized spacial score (nSPS) is 11.1. The van der Waals surface area contributed by atoms with Gasteiger partial charge in [-0.1, -0.05) is 35.9 Å². The van der Waals surface area contributed by atoms with Gasteiger partial charge in [0.1, 0.15) is 17.3 Å². The van der Waals surface area contributed by atoms with Gasteiger partial charge in [0, 0.05) is 11.1 Å². The van der Waals surface area contributed by atoms with Crippen molar-refractivity contribution in [2.24, 2.45) is 0 Å². The topological polar surface area (TPSA) is 80.6 Å². The standard InChI is InChI=1S/C24H15ClO5/c25-19-4-2-1-3-18(19)22-13-14-23(30-22)20(26)11-9-17-10-12-21(29-17)15-5-7-16(8-6-15)24(27)28/h1-14H,(H,27,28). The van der Waals surface area contributed by atoms with Crippen LogP contribution < -0.4 is 0 Å². The van der Waals surface area contributed by atoms with Gasteiger partial charge in [-0.25, -0.2) is 4.79 Å². The molecule has 2 aromatic carbocycles. The Hall–Kier alpha value is -3.83. The van der Waals surface area contributed by atoms with Gasteiger partial charge in [0.05, 0.1) is 10.6 Å². The summed E-state index contributed by atoms with van der Waals surface area (Å²) in [7, 11) is 0. The van der Waals surface area contributed by atoms with E-state index in [4.69, 9.17) is 25.5 Å². The van der Waals surface area contributed by atoms with Crippen LogP contribution in [-0.4, -0.2) is 16.9 Å². The first-order chi connectivity index (χ1) is 14.5. The molecule has 2 aromatic heterocycles.